The zero-order valence-electron chi connectivity index (χ0n) is 29.9. The Morgan fingerprint density at radius 3 is 1.29 bits per heavy atom. The number of hydrogen-bond acceptors (Lipinski definition) is 6. The standard InChI is InChI=1S/C25H27NO2.C18H21NO2.Na.H2O/c1-19(25(27)28-18-21-8-4-2-5-9-21)16-24(26)17-20-12-14-23(15-13-20)22-10-6-3-7-11-22;1-13(18(20)21)11-17(19)12-14-7-9-16(10-8-14)15-5-3-2-4-6-15;;/h2-15,19,24H,16-18,26H2,1H3;2-10,13,17H,11-12,19H2,1H3,(H,20,21);;1H2/q;;+1;/p-1/t19-,24+;13-,17+;;/m11../s1. The molecule has 4 atom stereocenters. The number of carbonyl (C=O) groups is 2. The molecule has 8 heteroatoms. The Hall–Kier alpha value is -4.08. The van der Waals surface area contributed by atoms with E-state index < -0.39 is 11.9 Å². The van der Waals surface area contributed by atoms with Crippen LogP contribution in [-0.4, -0.2) is 34.6 Å². The molecule has 5 aromatic rings. The summed E-state index contributed by atoms with van der Waals surface area (Å²) in [5.74, 6) is -1.60. The van der Waals surface area contributed by atoms with Crippen molar-refractivity contribution in [1.29, 1.82) is 0 Å². The fraction of sp³-hybridized carbons (Fsp3) is 0.256. The molecule has 0 unspecified atom stereocenters. The Morgan fingerprint density at radius 2 is 0.902 bits per heavy atom. The first-order valence-electron chi connectivity index (χ1n) is 16.9. The second-order valence-electron chi connectivity index (χ2n) is 12.8. The molecule has 262 valence electrons. The number of hydrogen-bond donors (Lipinski definition) is 3. The quantitative estimate of drug-likeness (QED) is 0.108. The molecule has 0 saturated carbocycles. The predicted molar refractivity (Wildman–Crippen MR) is 200 cm³/mol. The van der Waals surface area contributed by atoms with Gasteiger partial charge in [-0.25, -0.2) is 0 Å². The number of rotatable bonds is 14. The van der Waals surface area contributed by atoms with Crippen LogP contribution in [0.2, 0.25) is 0 Å². The monoisotopic (exact) mass is 696 g/mol. The topological polar surface area (TPSA) is 146 Å². The number of nitrogens with two attached hydrogens (primary N) is 2. The minimum absolute atomic E-state index is 0. The van der Waals surface area contributed by atoms with Gasteiger partial charge in [0.2, 0.25) is 0 Å². The van der Waals surface area contributed by atoms with Gasteiger partial charge in [-0.3, -0.25) is 9.59 Å². The first-order valence-corrected chi connectivity index (χ1v) is 16.9. The van der Waals surface area contributed by atoms with Gasteiger partial charge in [0.1, 0.15) is 6.61 Å². The van der Waals surface area contributed by atoms with Crippen molar-refractivity contribution in [1.82, 2.24) is 0 Å². The van der Waals surface area contributed by atoms with E-state index >= 15 is 0 Å². The Labute approximate surface area is 324 Å². The summed E-state index contributed by atoms with van der Waals surface area (Å²) in [6.07, 6.45) is 2.54. The summed E-state index contributed by atoms with van der Waals surface area (Å²) >= 11 is 0. The van der Waals surface area contributed by atoms with Crippen molar-refractivity contribution in [2.45, 2.75) is 58.2 Å². The summed E-state index contributed by atoms with van der Waals surface area (Å²) in [7, 11) is 0. The maximum atomic E-state index is 12.2. The van der Waals surface area contributed by atoms with Gasteiger partial charge in [-0.2, -0.15) is 0 Å². The molecule has 0 fully saturated rings. The first kappa shape index (κ1) is 43.1. The van der Waals surface area contributed by atoms with E-state index in [9.17, 15) is 9.59 Å². The second-order valence-corrected chi connectivity index (χ2v) is 12.8. The minimum atomic E-state index is -0.787. The molecular formula is C43H49N2NaO5. The third kappa shape index (κ3) is 15.0. The zero-order chi connectivity index (χ0) is 35.0. The molecule has 51 heavy (non-hydrogen) atoms. The van der Waals surface area contributed by atoms with E-state index in [0.717, 1.165) is 17.5 Å². The fourth-order valence-electron chi connectivity index (χ4n) is 5.68. The molecule has 7 nitrogen and oxygen atoms in total. The maximum absolute atomic E-state index is 12.2. The average Bonchev–Trinajstić information content (AvgIpc) is 3.12. The molecule has 0 bridgehead atoms. The molecule has 0 aliphatic rings. The van der Waals surface area contributed by atoms with Gasteiger partial charge < -0.3 is 26.8 Å². The largest absolute Gasteiger partial charge is 1.00 e. The van der Waals surface area contributed by atoms with Gasteiger partial charge >= 0.3 is 41.5 Å². The van der Waals surface area contributed by atoms with Crippen molar-refractivity contribution >= 4 is 11.9 Å². The van der Waals surface area contributed by atoms with Crippen LogP contribution in [0.3, 0.4) is 0 Å². The third-order valence-electron chi connectivity index (χ3n) is 8.48. The van der Waals surface area contributed by atoms with Crippen molar-refractivity contribution in [3.63, 3.8) is 0 Å². The molecule has 0 saturated heterocycles. The van der Waals surface area contributed by atoms with E-state index in [1.54, 1.807) is 6.92 Å². The van der Waals surface area contributed by atoms with Crippen LogP contribution in [0.15, 0.2) is 140 Å². The van der Waals surface area contributed by atoms with Crippen molar-refractivity contribution in [3.8, 4) is 22.3 Å². The van der Waals surface area contributed by atoms with Crippen LogP contribution in [0, 0.1) is 11.8 Å². The number of esters is 1. The number of carboxylic acid groups (broad SMARTS) is 1. The summed E-state index contributed by atoms with van der Waals surface area (Å²) in [4.78, 5) is 23.1. The van der Waals surface area contributed by atoms with Gasteiger partial charge in [-0.15, -0.1) is 0 Å². The van der Waals surface area contributed by atoms with Gasteiger partial charge in [-0.05, 0) is 64.6 Å². The van der Waals surface area contributed by atoms with E-state index in [-0.39, 0.29) is 59.0 Å². The number of aliphatic carboxylic acids is 1. The van der Waals surface area contributed by atoms with Crippen LogP contribution in [0.25, 0.3) is 22.3 Å². The normalized spacial score (nSPS) is 12.7. The summed E-state index contributed by atoms with van der Waals surface area (Å²) in [6.45, 7) is 3.88. The van der Waals surface area contributed by atoms with Gasteiger partial charge in [-0.1, -0.05) is 153 Å². The molecule has 0 heterocycles. The van der Waals surface area contributed by atoms with Gasteiger partial charge in [0.05, 0.1) is 11.8 Å². The third-order valence-corrected chi connectivity index (χ3v) is 8.48. The molecule has 5 rings (SSSR count). The van der Waals surface area contributed by atoms with Crippen LogP contribution in [0.5, 0.6) is 0 Å². The molecule has 6 N–H and O–H groups in total. The van der Waals surface area contributed by atoms with Crippen molar-refractivity contribution in [2.75, 3.05) is 0 Å². The summed E-state index contributed by atoms with van der Waals surface area (Å²) in [5.41, 5.74) is 20.4. The zero-order valence-corrected chi connectivity index (χ0v) is 31.9. The molecule has 0 spiro atoms. The molecule has 0 amide bonds. The molecular weight excluding hydrogens is 647 g/mol. The van der Waals surface area contributed by atoms with E-state index in [2.05, 4.69) is 72.8 Å². The predicted octanol–water partition coefficient (Wildman–Crippen LogP) is 5.15. The Balaban J connectivity index is 0.000000353. The van der Waals surface area contributed by atoms with E-state index in [4.69, 9.17) is 21.3 Å². The Kier molecular flexibility index (Phi) is 19.2. The number of benzene rings is 5. The Morgan fingerprint density at radius 1 is 0.549 bits per heavy atom. The summed E-state index contributed by atoms with van der Waals surface area (Å²) in [6, 6.07) is 46.7. The van der Waals surface area contributed by atoms with Crippen molar-refractivity contribution in [3.05, 3.63) is 156 Å². The molecule has 0 radical (unpaired) electrons. The van der Waals surface area contributed by atoms with E-state index in [1.165, 1.54) is 27.8 Å². The van der Waals surface area contributed by atoms with Crippen LogP contribution < -0.4 is 41.0 Å². The van der Waals surface area contributed by atoms with E-state index in [1.807, 2.05) is 73.7 Å². The Bertz CT molecular complexity index is 1700. The smallest absolute Gasteiger partial charge is 0.870 e. The molecule has 0 aromatic heterocycles. The van der Waals surface area contributed by atoms with Gasteiger partial charge in [0.15, 0.2) is 0 Å². The van der Waals surface area contributed by atoms with Gasteiger partial charge in [0, 0.05) is 12.1 Å². The number of carboxylic acids is 1. The van der Waals surface area contributed by atoms with Crippen molar-refractivity contribution < 1.29 is 54.5 Å². The van der Waals surface area contributed by atoms with Crippen LogP contribution in [0.1, 0.15) is 43.4 Å². The van der Waals surface area contributed by atoms with Gasteiger partial charge in [0.25, 0.3) is 0 Å². The van der Waals surface area contributed by atoms with Crippen LogP contribution in [0.4, 0.5) is 0 Å². The second kappa shape index (κ2) is 22.7. The van der Waals surface area contributed by atoms with Crippen molar-refractivity contribution in [2.24, 2.45) is 23.3 Å². The van der Waals surface area contributed by atoms with E-state index in [0.29, 0.717) is 25.9 Å². The molecule has 5 aromatic carbocycles. The summed E-state index contributed by atoms with van der Waals surface area (Å²) < 4.78 is 5.41. The SMILES string of the molecule is C[C@H](C[C@H](N)Cc1ccc(-c2ccccc2)cc1)C(=O)O.C[C@H](C[C@H](N)Cc1ccc(-c2ccccc2)cc1)C(=O)OCc1ccccc1.[Na+].[OH-]. The first-order chi connectivity index (χ1) is 23.7. The fourth-order valence-corrected chi connectivity index (χ4v) is 5.68. The maximum Gasteiger partial charge on any atom is 1.00 e. The number of ether oxygens (including phenoxy) is 1. The minimum Gasteiger partial charge on any atom is -0.870 e. The molecule has 0 aliphatic heterocycles. The summed E-state index contributed by atoms with van der Waals surface area (Å²) in [5, 5.41) is 8.90. The number of carbonyl (C=O) groups excluding carboxylic acids is 1. The molecule has 0 aliphatic carbocycles. The average molecular weight is 697 g/mol. The van der Waals surface area contributed by atoms with Crippen LogP contribution >= 0.6 is 0 Å². The van der Waals surface area contributed by atoms with Crippen LogP contribution in [-0.2, 0) is 33.8 Å².